The second kappa shape index (κ2) is 7.99. The molecule has 1 aliphatic heterocycles. The molecule has 1 aliphatic carbocycles. The van der Waals surface area contributed by atoms with E-state index in [9.17, 15) is 27.9 Å². The summed E-state index contributed by atoms with van der Waals surface area (Å²) in [5.74, 6) is 0.102. The van der Waals surface area contributed by atoms with Crippen molar-refractivity contribution in [1.82, 2.24) is 20.4 Å². The van der Waals surface area contributed by atoms with Crippen LogP contribution in [-0.2, 0) is 12.7 Å². The molecule has 1 spiro atoms. The molecule has 0 atom stereocenters. The molecule has 2 aromatic rings. The highest BCUT2D eigenvalue weighted by Gasteiger charge is 2.51. The van der Waals surface area contributed by atoms with Gasteiger partial charge in [0, 0.05) is 38.4 Å². The molecular weight excluding hydrogens is 431 g/mol. The molecule has 2 N–H and O–H groups in total. The third-order valence-electron chi connectivity index (χ3n) is 6.20. The minimum Gasteiger partial charge on any atom is -0.465 e. The summed E-state index contributed by atoms with van der Waals surface area (Å²) < 4.78 is 44.1. The predicted octanol–water partition coefficient (Wildman–Crippen LogP) is 2.99. The number of rotatable bonds is 5. The molecule has 0 bridgehead atoms. The number of nitrogens with one attached hydrogen (secondary N) is 1. The van der Waals surface area contributed by atoms with Crippen LogP contribution in [0, 0.1) is 5.41 Å². The van der Waals surface area contributed by atoms with Crippen molar-refractivity contribution in [3.63, 3.8) is 0 Å². The normalized spacial score (nSPS) is 22.6. The van der Waals surface area contributed by atoms with Gasteiger partial charge in [0.05, 0.1) is 12.1 Å². The lowest BCUT2D eigenvalue weighted by Crippen LogP contribution is -2.53. The van der Waals surface area contributed by atoms with E-state index in [2.05, 4.69) is 15.5 Å². The van der Waals surface area contributed by atoms with Crippen LogP contribution >= 0.6 is 0 Å². The van der Waals surface area contributed by atoms with E-state index < -0.39 is 23.7 Å². The second-order valence-corrected chi connectivity index (χ2v) is 8.30. The van der Waals surface area contributed by atoms with Gasteiger partial charge in [0.15, 0.2) is 11.5 Å². The summed E-state index contributed by atoms with van der Waals surface area (Å²) in [6.07, 6.45) is -2.47. The van der Waals surface area contributed by atoms with E-state index in [1.165, 1.54) is 18.0 Å². The summed E-state index contributed by atoms with van der Waals surface area (Å²) in [5.41, 5.74) is -0.837. The van der Waals surface area contributed by atoms with Gasteiger partial charge in [-0.2, -0.15) is 13.2 Å². The Morgan fingerprint density at radius 2 is 2.12 bits per heavy atom. The Bertz CT molecular complexity index is 1020. The number of alkyl halides is 3. The molecule has 4 rings (SSSR count). The van der Waals surface area contributed by atoms with Gasteiger partial charge >= 0.3 is 12.3 Å². The van der Waals surface area contributed by atoms with Crippen LogP contribution in [0.25, 0.3) is 0 Å². The molecule has 2 aromatic heterocycles. The van der Waals surface area contributed by atoms with Crippen molar-refractivity contribution >= 4 is 17.8 Å². The lowest BCUT2D eigenvalue weighted by Gasteiger charge is -2.48. The molecule has 32 heavy (non-hydrogen) atoms. The van der Waals surface area contributed by atoms with Gasteiger partial charge < -0.3 is 19.8 Å². The number of aromatic nitrogens is 2. The lowest BCUT2D eigenvalue weighted by molar-refractivity contribution is -0.137. The van der Waals surface area contributed by atoms with E-state index >= 15 is 0 Å². The Kier molecular flexibility index (Phi) is 5.47. The van der Waals surface area contributed by atoms with Crippen molar-refractivity contribution in [2.75, 3.05) is 25.0 Å². The zero-order valence-electron chi connectivity index (χ0n) is 17.2. The highest BCUT2D eigenvalue weighted by Crippen LogP contribution is 2.51. The topological polar surface area (TPSA) is 112 Å². The molecule has 2 fully saturated rings. The van der Waals surface area contributed by atoms with E-state index in [0.717, 1.165) is 24.8 Å². The minimum atomic E-state index is -4.43. The number of carbonyl (C=O) groups excluding carboxylic acids is 1. The maximum Gasteiger partial charge on any atom is 0.416 e. The Hall–Kier alpha value is -3.31. The fourth-order valence-corrected chi connectivity index (χ4v) is 4.54. The first kappa shape index (κ1) is 21.9. The van der Waals surface area contributed by atoms with Crippen LogP contribution in [0.3, 0.4) is 0 Å². The van der Waals surface area contributed by atoms with Crippen molar-refractivity contribution in [2.24, 2.45) is 5.41 Å². The zero-order chi connectivity index (χ0) is 23.1. The summed E-state index contributed by atoms with van der Waals surface area (Å²) in [7, 11) is 1.45. The van der Waals surface area contributed by atoms with Crippen LogP contribution in [-0.4, -0.2) is 58.3 Å². The van der Waals surface area contributed by atoms with E-state index in [4.69, 9.17) is 4.52 Å². The summed E-state index contributed by atoms with van der Waals surface area (Å²) in [5, 5.41) is 15.7. The first-order chi connectivity index (χ1) is 15.1. The lowest BCUT2D eigenvalue weighted by atomic mass is 9.64. The fraction of sp³-hybridized carbons (Fsp3) is 0.500. The van der Waals surface area contributed by atoms with E-state index in [-0.39, 0.29) is 35.3 Å². The van der Waals surface area contributed by atoms with Crippen molar-refractivity contribution in [1.29, 1.82) is 0 Å². The van der Waals surface area contributed by atoms with E-state index in [1.54, 1.807) is 0 Å². The molecule has 9 nitrogen and oxygen atoms in total. The molecule has 12 heteroatoms. The molecule has 0 radical (unpaired) electrons. The number of anilines is 1. The molecule has 3 heterocycles. The number of hydrogen-bond donors (Lipinski definition) is 2. The zero-order valence-corrected chi connectivity index (χ0v) is 17.2. The number of nitrogens with zero attached hydrogens (tertiary/aromatic N) is 4. The molecule has 0 aromatic carbocycles. The van der Waals surface area contributed by atoms with Crippen LogP contribution in [0.1, 0.15) is 41.1 Å². The van der Waals surface area contributed by atoms with Crippen LogP contribution in [0.5, 0.6) is 0 Å². The molecular formula is C20H22F3N5O4. The van der Waals surface area contributed by atoms with E-state index in [0.29, 0.717) is 25.9 Å². The van der Waals surface area contributed by atoms with Crippen molar-refractivity contribution < 1.29 is 32.4 Å². The molecule has 0 unspecified atom stereocenters. The number of carboxylic acid groups (broad SMARTS) is 1. The van der Waals surface area contributed by atoms with Crippen LogP contribution < -0.4 is 10.2 Å². The average molecular weight is 453 g/mol. The van der Waals surface area contributed by atoms with Gasteiger partial charge in [-0.1, -0.05) is 5.16 Å². The highest BCUT2D eigenvalue weighted by atomic mass is 19.4. The summed E-state index contributed by atoms with van der Waals surface area (Å²) >= 11 is 0. The summed E-state index contributed by atoms with van der Waals surface area (Å²) in [6.45, 7) is 1.04. The number of pyridine rings is 1. The number of amides is 2. The quantitative estimate of drug-likeness (QED) is 0.716. The SMILES string of the molecule is CNC(=O)c1cc(CN(C(=O)O)C2CC3(CCN(c4cc(C(F)(F)F)ccn4)C3)C2)on1. The van der Waals surface area contributed by atoms with Gasteiger partial charge in [0.1, 0.15) is 5.82 Å². The maximum absolute atomic E-state index is 13.0. The average Bonchev–Trinajstić information content (AvgIpc) is 3.37. The molecule has 172 valence electrons. The van der Waals surface area contributed by atoms with E-state index in [1.807, 2.05) is 4.90 Å². The third-order valence-corrected chi connectivity index (χ3v) is 6.20. The number of hydrogen-bond acceptors (Lipinski definition) is 6. The van der Waals surface area contributed by atoms with Crippen molar-refractivity contribution in [3.8, 4) is 0 Å². The van der Waals surface area contributed by atoms with Gasteiger partial charge in [-0.25, -0.2) is 9.78 Å². The highest BCUT2D eigenvalue weighted by molar-refractivity contribution is 5.91. The second-order valence-electron chi connectivity index (χ2n) is 8.30. The van der Waals surface area contributed by atoms with Crippen LogP contribution in [0.4, 0.5) is 23.8 Å². The Morgan fingerprint density at radius 1 is 1.38 bits per heavy atom. The number of carbonyl (C=O) groups is 2. The largest absolute Gasteiger partial charge is 0.465 e. The van der Waals surface area contributed by atoms with Gasteiger partial charge in [-0.15, -0.1) is 0 Å². The van der Waals surface area contributed by atoms with Crippen molar-refractivity contribution in [3.05, 3.63) is 41.4 Å². The third kappa shape index (κ3) is 4.21. The predicted molar refractivity (Wildman–Crippen MR) is 105 cm³/mol. The number of halogens is 3. The van der Waals surface area contributed by atoms with Gasteiger partial charge in [-0.05, 0) is 36.8 Å². The first-order valence-electron chi connectivity index (χ1n) is 10.1. The van der Waals surface area contributed by atoms with Crippen LogP contribution in [0.15, 0.2) is 28.9 Å². The molecule has 1 saturated heterocycles. The standard InChI is InChI=1S/C20H22F3N5O4/c1-24-17(29)15-7-14(32-26-15)10-28(18(30)31)13-8-19(9-13)3-5-27(11-19)16-6-12(2-4-25-16)20(21,22)23/h2,4,6-7,13H,3,5,8-11H2,1H3,(H,24,29)(H,30,31). The monoisotopic (exact) mass is 453 g/mol. The summed E-state index contributed by atoms with van der Waals surface area (Å²) in [4.78, 5) is 30.6. The molecule has 2 aliphatic rings. The van der Waals surface area contributed by atoms with Crippen LogP contribution in [0.2, 0.25) is 0 Å². The molecule has 1 saturated carbocycles. The Labute approximate surface area is 181 Å². The minimum absolute atomic E-state index is 0.0427. The molecule has 2 amide bonds. The Balaban J connectivity index is 1.39. The van der Waals surface area contributed by atoms with Gasteiger partial charge in [-0.3, -0.25) is 9.69 Å². The fourth-order valence-electron chi connectivity index (χ4n) is 4.54. The maximum atomic E-state index is 13.0. The van der Waals surface area contributed by atoms with Gasteiger partial charge in [0.25, 0.3) is 5.91 Å². The van der Waals surface area contributed by atoms with Crippen molar-refractivity contribution in [2.45, 2.75) is 38.0 Å². The summed E-state index contributed by atoms with van der Waals surface area (Å²) in [6, 6.07) is 3.14. The van der Waals surface area contributed by atoms with Gasteiger partial charge in [0.2, 0.25) is 0 Å². The first-order valence-corrected chi connectivity index (χ1v) is 10.1. The Morgan fingerprint density at radius 3 is 2.78 bits per heavy atom. The smallest absolute Gasteiger partial charge is 0.416 e.